The highest BCUT2D eigenvalue weighted by atomic mass is 19.1. The van der Waals surface area contributed by atoms with Crippen LogP contribution in [0.3, 0.4) is 0 Å². The molecule has 6 heteroatoms. The van der Waals surface area contributed by atoms with Crippen LogP contribution in [0.5, 0.6) is 0 Å². The van der Waals surface area contributed by atoms with Crippen molar-refractivity contribution in [3.05, 3.63) is 35.4 Å². The highest BCUT2D eigenvalue weighted by molar-refractivity contribution is 6.09. The van der Waals surface area contributed by atoms with E-state index in [-0.39, 0.29) is 11.5 Å². The Balaban J connectivity index is 2.37. The summed E-state index contributed by atoms with van der Waals surface area (Å²) in [6.45, 7) is 3.99. The number of aliphatic imine (C=N–C) groups is 1. The van der Waals surface area contributed by atoms with Crippen LogP contribution in [0.1, 0.15) is 25.8 Å². The second-order valence-corrected chi connectivity index (χ2v) is 4.56. The Kier molecular flexibility index (Phi) is 3.50. The predicted molar refractivity (Wildman–Crippen MR) is 67.6 cm³/mol. The maximum absolute atomic E-state index is 13.8. The van der Waals surface area contributed by atoms with E-state index in [2.05, 4.69) is 15.6 Å². The summed E-state index contributed by atoms with van der Waals surface area (Å²) < 4.78 is 27.0. The standard InChI is InChI=1S/C13H15F2N3O/c1-3-6-16-12-17-11(19)13(2,18-12)9-7-8(14)4-5-10(9)15/h4-5,7H,3,6H2,1-2H3,(H2,16,17,18,19). The number of hydrogen-bond donors (Lipinski definition) is 2. The summed E-state index contributed by atoms with van der Waals surface area (Å²) >= 11 is 0. The number of rotatable bonds is 3. The first-order valence-corrected chi connectivity index (χ1v) is 6.07. The summed E-state index contributed by atoms with van der Waals surface area (Å²) in [5.74, 6) is -1.39. The van der Waals surface area contributed by atoms with Gasteiger partial charge >= 0.3 is 0 Å². The van der Waals surface area contributed by atoms with Crippen LogP contribution in [-0.2, 0) is 10.3 Å². The van der Waals surface area contributed by atoms with E-state index >= 15 is 0 Å². The van der Waals surface area contributed by atoms with Crippen LogP contribution in [0, 0.1) is 11.6 Å². The van der Waals surface area contributed by atoms with Crippen molar-refractivity contribution >= 4 is 11.9 Å². The van der Waals surface area contributed by atoms with Crippen molar-refractivity contribution in [3.8, 4) is 0 Å². The average Bonchev–Trinajstić information content (AvgIpc) is 2.66. The van der Waals surface area contributed by atoms with Gasteiger partial charge in [0.1, 0.15) is 17.2 Å². The largest absolute Gasteiger partial charge is 0.338 e. The van der Waals surface area contributed by atoms with E-state index < -0.39 is 23.1 Å². The molecule has 1 unspecified atom stereocenters. The molecule has 0 radical (unpaired) electrons. The van der Waals surface area contributed by atoms with E-state index in [1.807, 2.05) is 6.92 Å². The van der Waals surface area contributed by atoms with Crippen molar-refractivity contribution in [3.63, 3.8) is 0 Å². The zero-order valence-corrected chi connectivity index (χ0v) is 10.8. The molecule has 1 atom stereocenters. The summed E-state index contributed by atoms with van der Waals surface area (Å²) in [5, 5.41) is 5.35. The first-order chi connectivity index (χ1) is 8.97. The molecule has 19 heavy (non-hydrogen) atoms. The molecule has 1 aromatic rings. The summed E-state index contributed by atoms with van der Waals surface area (Å²) in [6.07, 6.45) is 0.825. The minimum Gasteiger partial charge on any atom is -0.338 e. The van der Waals surface area contributed by atoms with Crippen molar-refractivity contribution < 1.29 is 13.6 Å². The Morgan fingerprint density at radius 1 is 1.37 bits per heavy atom. The molecule has 0 spiro atoms. The van der Waals surface area contributed by atoms with Gasteiger partial charge in [0.15, 0.2) is 5.96 Å². The fourth-order valence-electron chi connectivity index (χ4n) is 1.93. The number of benzene rings is 1. The number of halogens is 2. The van der Waals surface area contributed by atoms with E-state index in [0.29, 0.717) is 6.54 Å². The van der Waals surface area contributed by atoms with Crippen molar-refractivity contribution in [1.82, 2.24) is 10.6 Å². The summed E-state index contributed by atoms with van der Waals surface area (Å²) in [5.41, 5.74) is -1.38. The lowest BCUT2D eigenvalue weighted by molar-refractivity contribution is -0.123. The minimum atomic E-state index is -1.35. The molecular formula is C13H15F2N3O. The summed E-state index contributed by atoms with van der Waals surface area (Å²) in [7, 11) is 0. The molecular weight excluding hydrogens is 252 g/mol. The zero-order chi connectivity index (χ0) is 14.0. The molecule has 102 valence electrons. The van der Waals surface area contributed by atoms with Gasteiger partial charge in [0.25, 0.3) is 5.91 Å². The number of carbonyl (C=O) groups excluding carboxylic acids is 1. The molecule has 2 rings (SSSR count). The highest BCUT2D eigenvalue weighted by Gasteiger charge is 2.44. The number of guanidine groups is 1. The lowest BCUT2D eigenvalue weighted by atomic mass is 9.92. The van der Waals surface area contributed by atoms with Crippen molar-refractivity contribution in [2.24, 2.45) is 4.99 Å². The third kappa shape index (κ3) is 2.43. The molecule has 1 amide bonds. The average molecular weight is 267 g/mol. The maximum atomic E-state index is 13.8. The van der Waals surface area contributed by atoms with E-state index in [1.165, 1.54) is 6.92 Å². The van der Waals surface area contributed by atoms with Gasteiger partial charge in [0.2, 0.25) is 0 Å². The number of nitrogens with one attached hydrogen (secondary N) is 2. The van der Waals surface area contributed by atoms with Crippen LogP contribution in [0.15, 0.2) is 23.2 Å². The number of carbonyl (C=O) groups is 1. The van der Waals surface area contributed by atoms with Crippen LogP contribution >= 0.6 is 0 Å². The third-order valence-corrected chi connectivity index (χ3v) is 3.02. The Morgan fingerprint density at radius 3 is 2.79 bits per heavy atom. The maximum Gasteiger partial charge on any atom is 0.256 e. The zero-order valence-electron chi connectivity index (χ0n) is 10.8. The lowest BCUT2D eigenvalue weighted by Crippen LogP contribution is -2.41. The molecule has 0 aliphatic carbocycles. The Bertz CT molecular complexity index is 545. The van der Waals surface area contributed by atoms with Crippen LogP contribution in [-0.4, -0.2) is 18.4 Å². The van der Waals surface area contributed by atoms with E-state index in [0.717, 1.165) is 24.6 Å². The second-order valence-electron chi connectivity index (χ2n) is 4.56. The topological polar surface area (TPSA) is 53.5 Å². The molecule has 4 nitrogen and oxygen atoms in total. The molecule has 1 aliphatic rings. The Labute approximate surface area is 109 Å². The molecule has 1 fully saturated rings. The summed E-state index contributed by atoms with van der Waals surface area (Å²) in [4.78, 5) is 16.1. The molecule has 0 aromatic heterocycles. The smallest absolute Gasteiger partial charge is 0.256 e. The highest BCUT2D eigenvalue weighted by Crippen LogP contribution is 2.27. The van der Waals surface area contributed by atoms with Crippen LogP contribution in [0.2, 0.25) is 0 Å². The first kappa shape index (κ1) is 13.5. The van der Waals surface area contributed by atoms with Gasteiger partial charge in [-0.05, 0) is 31.5 Å². The number of nitrogens with zero attached hydrogens (tertiary/aromatic N) is 1. The second kappa shape index (κ2) is 4.95. The Hall–Kier alpha value is -1.98. The van der Waals surface area contributed by atoms with E-state index in [4.69, 9.17) is 0 Å². The fourth-order valence-corrected chi connectivity index (χ4v) is 1.93. The fraction of sp³-hybridized carbons (Fsp3) is 0.385. The molecule has 1 aliphatic heterocycles. The first-order valence-electron chi connectivity index (χ1n) is 6.07. The molecule has 0 saturated carbocycles. The number of hydrogen-bond acceptors (Lipinski definition) is 2. The Morgan fingerprint density at radius 2 is 2.11 bits per heavy atom. The van der Waals surface area contributed by atoms with Gasteiger partial charge in [-0.15, -0.1) is 0 Å². The molecule has 1 aromatic carbocycles. The van der Waals surface area contributed by atoms with Crippen molar-refractivity contribution in [2.45, 2.75) is 25.8 Å². The van der Waals surface area contributed by atoms with Crippen LogP contribution < -0.4 is 10.6 Å². The van der Waals surface area contributed by atoms with Gasteiger partial charge in [-0.1, -0.05) is 6.92 Å². The van der Waals surface area contributed by atoms with Gasteiger partial charge in [0, 0.05) is 12.1 Å². The quantitative estimate of drug-likeness (QED) is 0.875. The summed E-state index contributed by atoms with van der Waals surface area (Å²) in [6, 6.07) is 3.04. The SMILES string of the molecule is CCCN=C1NC(=O)C(C)(c2cc(F)ccc2F)N1. The minimum absolute atomic E-state index is 0.0355. The van der Waals surface area contributed by atoms with Gasteiger partial charge in [-0.3, -0.25) is 15.1 Å². The monoisotopic (exact) mass is 267 g/mol. The van der Waals surface area contributed by atoms with Crippen molar-refractivity contribution in [1.29, 1.82) is 0 Å². The molecule has 1 saturated heterocycles. The van der Waals surface area contributed by atoms with Gasteiger partial charge in [-0.2, -0.15) is 0 Å². The van der Waals surface area contributed by atoms with E-state index in [9.17, 15) is 13.6 Å². The third-order valence-electron chi connectivity index (χ3n) is 3.02. The normalized spacial score (nSPS) is 24.4. The van der Waals surface area contributed by atoms with Gasteiger partial charge in [-0.25, -0.2) is 8.78 Å². The van der Waals surface area contributed by atoms with Gasteiger partial charge < -0.3 is 5.32 Å². The number of amides is 1. The molecule has 1 heterocycles. The van der Waals surface area contributed by atoms with E-state index in [1.54, 1.807) is 0 Å². The van der Waals surface area contributed by atoms with Crippen LogP contribution in [0.25, 0.3) is 0 Å². The molecule has 0 bridgehead atoms. The predicted octanol–water partition coefficient (Wildman–Crippen LogP) is 1.67. The molecule has 2 N–H and O–H groups in total. The van der Waals surface area contributed by atoms with Gasteiger partial charge in [0.05, 0.1) is 0 Å². The van der Waals surface area contributed by atoms with Crippen molar-refractivity contribution in [2.75, 3.05) is 6.54 Å². The lowest BCUT2D eigenvalue weighted by Gasteiger charge is -2.22. The van der Waals surface area contributed by atoms with Crippen LogP contribution in [0.4, 0.5) is 8.78 Å².